The summed E-state index contributed by atoms with van der Waals surface area (Å²) < 4.78 is 36.8. The second-order valence-electron chi connectivity index (χ2n) is 2.37. The lowest BCUT2D eigenvalue weighted by Gasteiger charge is -2.10. The highest BCUT2D eigenvalue weighted by Gasteiger charge is 2.13. The molecule has 0 saturated heterocycles. The molecule has 13 heavy (non-hydrogen) atoms. The van der Waals surface area contributed by atoms with Crippen molar-refractivity contribution in [2.75, 3.05) is 32.3 Å². The van der Waals surface area contributed by atoms with Gasteiger partial charge in [0.1, 0.15) is 0 Å². The van der Waals surface area contributed by atoms with Gasteiger partial charge in [0.15, 0.2) is 9.84 Å². The van der Waals surface area contributed by atoms with Gasteiger partial charge in [0.2, 0.25) is 0 Å². The molecule has 0 aliphatic rings. The highest BCUT2D eigenvalue weighted by Crippen LogP contribution is 1.93. The summed E-state index contributed by atoms with van der Waals surface area (Å²) in [5.74, 6) is 0.169. The van der Waals surface area contributed by atoms with Crippen LogP contribution in [0.15, 0.2) is 0 Å². The fraction of sp³-hybridized carbons (Fsp3) is 1.00. The summed E-state index contributed by atoms with van der Waals surface area (Å²) in [6.45, 7) is 1.76. The maximum absolute atomic E-state index is 11.0. The molecule has 5 nitrogen and oxygen atoms in total. The molecule has 0 bridgehead atoms. The fourth-order valence-corrected chi connectivity index (χ4v) is 2.23. The Bertz CT molecular complexity index is 211. The van der Waals surface area contributed by atoms with Gasteiger partial charge < -0.3 is 13.3 Å². The van der Waals surface area contributed by atoms with E-state index in [0.717, 1.165) is 0 Å². The van der Waals surface area contributed by atoms with E-state index in [1.54, 1.807) is 6.92 Å². The van der Waals surface area contributed by atoms with E-state index >= 15 is 0 Å². The minimum absolute atomic E-state index is 0.0275. The van der Waals surface area contributed by atoms with Crippen molar-refractivity contribution in [2.45, 2.75) is 6.92 Å². The number of hydrogen-bond donors (Lipinski definition) is 0. The SMILES string of the molecule is CCS(=O)(=O)CCO[SiH](OC)OC. The molecular formula is C6H16O5SSi. The van der Waals surface area contributed by atoms with Crippen LogP contribution in [-0.2, 0) is 23.1 Å². The molecule has 0 unspecified atom stereocenters. The Kier molecular flexibility index (Phi) is 6.52. The molecule has 7 heteroatoms. The van der Waals surface area contributed by atoms with E-state index in [1.807, 2.05) is 0 Å². The zero-order valence-corrected chi connectivity index (χ0v) is 10.1. The first kappa shape index (κ1) is 13.0. The van der Waals surface area contributed by atoms with Crippen molar-refractivity contribution in [1.82, 2.24) is 0 Å². The van der Waals surface area contributed by atoms with E-state index in [0.29, 0.717) is 0 Å². The molecule has 80 valence electrons. The molecule has 0 heterocycles. The van der Waals surface area contributed by atoms with Crippen LogP contribution in [0, 0.1) is 0 Å². The van der Waals surface area contributed by atoms with Crippen LogP contribution < -0.4 is 0 Å². The predicted octanol–water partition coefficient (Wildman–Crippen LogP) is -0.552. The largest absolute Gasteiger partial charge is 0.483 e. The van der Waals surface area contributed by atoms with Gasteiger partial charge in [0, 0.05) is 20.0 Å². The fourth-order valence-electron chi connectivity index (χ4n) is 0.648. The van der Waals surface area contributed by atoms with Crippen molar-refractivity contribution in [3.63, 3.8) is 0 Å². The average Bonchev–Trinajstić information content (AvgIpc) is 2.12. The molecular weight excluding hydrogens is 212 g/mol. The normalized spacial score (nSPS) is 12.3. The molecule has 0 fully saturated rings. The lowest BCUT2D eigenvalue weighted by atomic mass is 10.9. The van der Waals surface area contributed by atoms with Gasteiger partial charge in [-0.25, -0.2) is 8.42 Å². The standard InChI is InChI=1S/C6H16O5SSi/c1-4-12(7,8)6-5-11-13(9-2)10-3/h13H,4-6H2,1-3H3. The monoisotopic (exact) mass is 228 g/mol. The van der Waals surface area contributed by atoms with Crippen molar-refractivity contribution in [2.24, 2.45) is 0 Å². The molecule has 0 saturated carbocycles. The van der Waals surface area contributed by atoms with Gasteiger partial charge in [0.05, 0.1) is 12.4 Å². The van der Waals surface area contributed by atoms with Crippen LogP contribution in [0.4, 0.5) is 0 Å². The van der Waals surface area contributed by atoms with Gasteiger partial charge in [-0.1, -0.05) is 6.92 Å². The Morgan fingerprint density at radius 3 is 2.15 bits per heavy atom. The van der Waals surface area contributed by atoms with E-state index in [2.05, 4.69) is 0 Å². The molecule has 0 aliphatic heterocycles. The van der Waals surface area contributed by atoms with Gasteiger partial charge in [-0.2, -0.15) is 0 Å². The van der Waals surface area contributed by atoms with Crippen molar-refractivity contribution in [3.05, 3.63) is 0 Å². The summed E-state index contributed by atoms with van der Waals surface area (Å²) >= 11 is 0. The van der Waals surface area contributed by atoms with Gasteiger partial charge >= 0.3 is 9.53 Å². The molecule has 0 aromatic carbocycles. The quantitative estimate of drug-likeness (QED) is 0.547. The van der Waals surface area contributed by atoms with Crippen LogP contribution in [0.2, 0.25) is 0 Å². The second kappa shape index (κ2) is 6.49. The summed E-state index contributed by atoms with van der Waals surface area (Å²) in [5, 5.41) is 0. The third kappa shape index (κ3) is 6.16. The Hall–Kier alpha value is 0.0469. The first-order valence-corrected chi connectivity index (χ1v) is 7.17. The smallest absolute Gasteiger partial charge is 0.379 e. The van der Waals surface area contributed by atoms with Crippen molar-refractivity contribution < 1.29 is 21.7 Å². The first-order chi connectivity index (χ1) is 6.05. The molecule has 0 rings (SSSR count). The Morgan fingerprint density at radius 2 is 1.77 bits per heavy atom. The van der Waals surface area contributed by atoms with Crippen molar-refractivity contribution in [3.8, 4) is 0 Å². The summed E-state index contributed by atoms with van der Waals surface area (Å²) in [6.07, 6.45) is 0. The van der Waals surface area contributed by atoms with Crippen LogP contribution >= 0.6 is 0 Å². The van der Waals surface area contributed by atoms with Gasteiger partial charge in [-0.3, -0.25) is 0 Å². The molecule has 0 amide bonds. The summed E-state index contributed by atoms with van der Waals surface area (Å²) in [5.41, 5.74) is 0. The average molecular weight is 228 g/mol. The van der Waals surface area contributed by atoms with Crippen LogP contribution in [0.1, 0.15) is 6.92 Å². The molecule has 0 atom stereocenters. The van der Waals surface area contributed by atoms with E-state index in [-0.39, 0.29) is 18.1 Å². The third-order valence-electron chi connectivity index (χ3n) is 1.47. The summed E-state index contributed by atoms with van der Waals surface area (Å²) in [6, 6.07) is 0. The van der Waals surface area contributed by atoms with Crippen molar-refractivity contribution >= 4 is 19.4 Å². The molecule has 0 aromatic heterocycles. The molecule has 0 aliphatic carbocycles. The predicted molar refractivity (Wildman–Crippen MR) is 51.4 cm³/mol. The molecule has 0 aromatic rings. The van der Waals surface area contributed by atoms with Crippen molar-refractivity contribution in [1.29, 1.82) is 0 Å². The highest BCUT2D eigenvalue weighted by atomic mass is 32.2. The van der Waals surface area contributed by atoms with Crippen LogP contribution in [0.25, 0.3) is 0 Å². The maximum atomic E-state index is 11.0. The minimum atomic E-state index is -2.95. The zero-order valence-electron chi connectivity index (χ0n) is 8.15. The number of hydrogen-bond acceptors (Lipinski definition) is 5. The minimum Gasteiger partial charge on any atom is -0.379 e. The number of rotatable bonds is 7. The van der Waals surface area contributed by atoms with Crippen LogP contribution in [0.3, 0.4) is 0 Å². The summed E-state index contributed by atoms with van der Waals surface area (Å²) in [7, 11) is -2.04. The molecule has 0 N–H and O–H groups in total. The van der Waals surface area contributed by atoms with E-state index in [4.69, 9.17) is 13.3 Å². The molecule has 0 spiro atoms. The van der Waals surface area contributed by atoms with Crippen LogP contribution in [0.5, 0.6) is 0 Å². The van der Waals surface area contributed by atoms with Gasteiger partial charge in [-0.05, 0) is 0 Å². The Labute approximate surface area is 80.9 Å². The Morgan fingerprint density at radius 1 is 1.23 bits per heavy atom. The van der Waals surface area contributed by atoms with E-state index in [1.165, 1.54) is 14.2 Å². The second-order valence-corrected chi connectivity index (χ2v) is 6.69. The van der Waals surface area contributed by atoms with Gasteiger partial charge in [-0.15, -0.1) is 0 Å². The lowest BCUT2D eigenvalue weighted by molar-refractivity contribution is 0.142. The van der Waals surface area contributed by atoms with E-state index < -0.39 is 19.4 Å². The topological polar surface area (TPSA) is 61.8 Å². The first-order valence-electron chi connectivity index (χ1n) is 3.93. The maximum Gasteiger partial charge on any atom is 0.483 e. The lowest BCUT2D eigenvalue weighted by Crippen LogP contribution is -2.27. The molecule has 0 radical (unpaired) electrons. The number of sulfone groups is 1. The highest BCUT2D eigenvalue weighted by molar-refractivity contribution is 7.91. The Balaban J connectivity index is 3.67. The van der Waals surface area contributed by atoms with Crippen LogP contribution in [-0.4, -0.2) is 50.3 Å². The van der Waals surface area contributed by atoms with Gasteiger partial charge in [0.25, 0.3) is 0 Å². The summed E-state index contributed by atoms with van der Waals surface area (Å²) in [4.78, 5) is 0. The third-order valence-corrected chi connectivity index (χ3v) is 4.42. The zero-order chi connectivity index (χ0) is 10.3. The van der Waals surface area contributed by atoms with E-state index in [9.17, 15) is 8.42 Å².